The maximum absolute atomic E-state index is 11.3. The first-order chi connectivity index (χ1) is 6.87. The predicted molar refractivity (Wildman–Crippen MR) is 63.9 cm³/mol. The lowest BCUT2D eigenvalue weighted by Crippen LogP contribution is -2.22. The van der Waals surface area contributed by atoms with Gasteiger partial charge in [-0.1, -0.05) is 0 Å². The summed E-state index contributed by atoms with van der Waals surface area (Å²) >= 11 is 1.65. The molecule has 3 heteroatoms. The maximum atomic E-state index is 11.3. The van der Waals surface area contributed by atoms with Crippen molar-refractivity contribution in [2.45, 2.75) is 33.3 Å². The number of hydrogen-bond donors (Lipinski definition) is 0. The zero-order chi connectivity index (χ0) is 11.5. The van der Waals surface area contributed by atoms with Crippen LogP contribution >= 0.6 is 11.3 Å². The molecule has 0 N–H and O–H groups in total. The molecule has 1 aromatic rings. The van der Waals surface area contributed by atoms with E-state index in [0.29, 0.717) is 0 Å². The normalized spacial score (nSPS) is 12.0. The molecule has 0 spiro atoms. The van der Waals surface area contributed by atoms with Crippen LogP contribution < -0.4 is 0 Å². The van der Waals surface area contributed by atoms with E-state index < -0.39 is 5.60 Å². The summed E-state index contributed by atoms with van der Waals surface area (Å²) in [5, 5.41) is 0. The highest BCUT2D eigenvalue weighted by Gasteiger charge is 2.13. The quantitative estimate of drug-likeness (QED) is 0.568. The van der Waals surface area contributed by atoms with Gasteiger partial charge < -0.3 is 4.74 Å². The molecule has 1 rings (SSSR count). The van der Waals surface area contributed by atoms with Crippen molar-refractivity contribution < 1.29 is 9.53 Å². The predicted octanol–water partition coefficient (Wildman–Crippen LogP) is 3.41. The molecule has 0 fully saturated rings. The van der Waals surface area contributed by atoms with Gasteiger partial charge in [0.25, 0.3) is 0 Å². The first-order valence-electron chi connectivity index (χ1n) is 4.84. The van der Waals surface area contributed by atoms with Gasteiger partial charge in [0.15, 0.2) is 0 Å². The van der Waals surface area contributed by atoms with Gasteiger partial charge >= 0.3 is 5.97 Å². The SMILES string of the molecule is Cc1ccc(C=CC(=O)OC(C)(C)C)s1. The molecule has 0 saturated carbocycles. The number of carbonyl (C=O) groups excluding carboxylic acids is 1. The van der Waals surface area contributed by atoms with Crippen LogP contribution in [0.5, 0.6) is 0 Å². The summed E-state index contributed by atoms with van der Waals surface area (Å²) < 4.78 is 5.15. The molecule has 82 valence electrons. The highest BCUT2D eigenvalue weighted by Crippen LogP contribution is 2.16. The van der Waals surface area contributed by atoms with Gasteiger partial charge in [0.2, 0.25) is 0 Å². The Hall–Kier alpha value is -1.09. The van der Waals surface area contributed by atoms with Crippen LogP contribution in [0.25, 0.3) is 6.08 Å². The topological polar surface area (TPSA) is 26.3 Å². The molecular formula is C12H16O2S. The van der Waals surface area contributed by atoms with Crippen molar-refractivity contribution in [3.05, 3.63) is 28.0 Å². The fraction of sp³-hybridized carbons (Fsp3) is 0.417. The van der Waals surface area contributed by atoms with Crippen LogP contribution in [0.15, 0.2) is 18.2 Å². The third kappa shape index (κ3) is 4.79. The average Bonchev–Trinajstić information content (AvgIpc) is 2.45. The zero-order valence-electron chi connectivity index (χ0n) is 9.53. The molecule has 15 heavy (non-hydrogen) atoms. The van der Waals surface area contributed by atoms with E-state index in [-0.39, 0.29) is 5.97 Å². The zero-order valence-corrected chi connectivity index (χ0v) is 10.4. The fourth-order valence-corrected chi connectivity index (χ4v) is 1.81. The van der Waals surface area contributed by atoms with Crippen LogP contribution in [0, 0.1) is 6.92 Å². The summed E-state index contributed by atoms with van der Waals surface area (Å²) in [6, 6.07) is 4.01. The average molecular weight is 224 g/mol. The van der Waals surface area contributed by atoms with Crippen LogP contribution in [0.3, 0.4) is 0 Å². The third-order valence-corrected chi connectivity index (χ3v) is 2.52. The van der Waals surface area contributed by atoms with E-state index in [1.54, 1.807) is 17.4 Å². The monoisotopic (exact) mass is 224 g/mol. The Bertz CT molecular complexity index is 369. The number of thiophene rings is 1. The molecule has 0 atom stereocenters. The molecule has 0 aliphatic carbocycles. The van der Waals surface area contributed by atoms with Gasteiger partial charge in [-0.15, -0.1) is 11.3 Å². The fourth-order valence-electron chi connectivity index (χ4n) is 1.03. The first-order valence-corrected chi connectivity index (χ1v) is 5.66. The molecule has 0 aromatic carbocycles. The standard InChI is InChI=1S/C12H16O2S/c1-9-5-6-10(15-9)7-8-11(13)14-12(2,3)4/h5-8H,1-4H3. The smallest absolute Gasteiger partial charge is 0.331 e. The highest BCUT2D eigenvalue weighted by molar-refractivity contribution is 7.12. The van der Waals surface area contributed by atoms with Crippen LogP contribution in [0.2, 0.25) is 0 Å². The first kappa shape index (κ1) is 12.0. The highest BCUT2D eigenvalue weighted by atomic mass is 32.1. The summed E-state index contributed by atoms with van der Waals surface area (Å²) in [5.41, 5.74) is -0.424. The van der Waals surface area contributed by atoms with Crippen LogP contribution in [0.1, 0.15) is 30.5 Å². The molecule has 0 amide bonds. The lowest BCUT2D eigenvalue weighted by Gasteiger charge is -2.17. The van der Waals surface area contributed by atoms with Gasteiger partial charge in [-0.05, 0) is 45.9 Å². The molecule has 2 nitrogen and oxygen atoms in total. The minimum Gasteiger partial charge on any atom is -0.457 e. The Morgan fingerprint density at radius 3 is 2.53 bits per heavy atom. The molecule has 0 unspecified atom stereocenters. The molecule has 0 saturated heterocycles. The Labute approximate surface area is 94.6 Å². The molecule has 0 radical (unpaired) electrons. The minimum absolute atomic E-state index is 0.298. The summed E-state index contributed by atoms with van der Waals surface area (Å²) in [6.07, 6.45) is 3.25. The van der Waals surface area contributed by atoms with Gasteiger partial charge in [-0.25, -0.2) is 4.79 Å². The van der Waals surface area contributed by atoms with E-state index in [1.165, 1.54) is 11.0 Å². The summed E-state index contributed by atoms with van der Waals surface area (Å²) in [5.74, 6) is -0.298. The minimum atomic E-state index is -0.424. The van der Waals surface area contributed by atoms with E-state index in [0.717, 1.165) is 4.88 Å². The van der Waals surface area contributed by atoms with Crippen molar-refractivity contribution >= 4 is 23.4 Å². The molecule has 1 aromatic heterocycles. The Balaban J connectivity index is 2.55. The van der Waals surface area contributed by atoms with Gasteiger partial charge in [0.1, 0.15) is 5.60 Å². The number of esters is 1. The van der Waals surface area contributed by atoms with Crippen molar-refractivity contribution in [2.75, 3.05) is 0 Å². The van der Waals surface area contributed by atoms with Crippen molar-refractivity contribution in [2.24, 2.45) is 0 Å². The van der Waals surface area contributed by atoms with Crippen molar-refractivity contribution in [1.29, 1.82) is 0 Å². The second-order valence-electron chi connectivity index (χ2n) is 4.32. The van der Waals surface area contributed by atoms with Gasteiger partial charge in [-0.3, -0.25) is 0 Å². The van der Waals surface area contributed by atoms with Crippen LogP contribution in [0.4, 0.5) is 0 Å². The Morgan fingerprint density at radius 1 is 1.40 bits per heavy atom. The second-order valence-corrected chi connectivity index (χ2v) is 5.63. The van der Waals surface area contributed by atoms with E-state index in [4.69, 9.17) is 4.74 Å². The second kappa shape index (κ2) is 4.62. The summed E-state index contributed by atoms with van der Waals surface area (Å²) in [6.45, 7) is 7.60. The van der Waals surface area contributed by atoms with Gasteiger partial charge in [0, 0.05) is 15.8 Å². The van der Waals surface area contributed by atoms with Crippen molar-refractivity contribution in [3.8, 4) is 0 Å². The van der Waals surface area contributed by atoms with Crippen LogP contribution in [-0.2, 0) is 9.53 Å². The van der Waals surface area contributed by atoms with E-state index >= 15 is 0 Å². The van der Waals surface area contributed by atoms with E-state index in [1.807, 2.05) is 39.8 Å². The summed E-state index contributed by atoms with van der Waals surface area (Å²) in [4.78, 5) is 13.6. The molecule has 0 bridgehead atoms. The van der Waals surface area contributed by atoms with E-state index in [9.17, 15) is 4.79 Å². The van der Waals surface area contributed by atoms with Gasteiger partial charge in [0.05, 0.1) is 0 Å². The van der Waals surface area contributed by atoms with Crippen LogP contribution in [-0.4, -0.2) is 11.6 Å². The number of ether oxygens (including phenoxy) is 1. The number of carbonyl (C=O) groups is 1. The Kier molecular flexibility index (Phi) is 3.69. The van der Waals surface area contributed by atoms with E-state index in [2.05, 4.69) is 0 Å². The molecule has 1 heterocycles. The number of aryl methyl sites for hydroxylation is 1. The third-order valence-electron chi connectivity index (χ3n) is 1.55. The maximum Gasteiger partial charge on any atom is 0.331 e. The molecule has 0 aliphatic rings. The van der Waals surface area contributed by atoms with Crippen molar-refractivity contribution in [1.82, 2.24) is 0 Å². The Morgan fingerprint density at radius 2 is 2.07 bits per heavy atom. The number of hydrogen-bond acceptors (Lipinski definition) is 3. The van der Waals surface area contributed by atoms with Gasteiger partial charge in [-0.2, -0.15) is 0 Å². The largest absolute Gasteiger partial charge is 0.457 e. The number of rotatable bonds is 2. The summed E-state index contributed by atoms with van der Waals surface area (Å²) in [7, 11) is 0. The lowest BCUT2D eigenvalue weighted by atomic mass is 10.2. The van der Waals surface area contributed by atoms with Crippen molar-refractivity contribution in [3.63, 3.8) is 0 Å². The molecular weight excluding hydrogens is 208 g/mol. The lowest BCUT2D eigenvalue weighted by molar-refractivity contribution is -0.148. The molecule has 0 aliphatic heterocycles.